The van der Waals surface area contributed by atoms with Crippen LogP contribution in [0.2, 0.25) is 0 Å². The standard InChI is InChI=1S/C13H16N2O3S2/c1-8-4-5-11(7-16)6-12(8)15-20(17,18)13-9(2)14-10(3)19-13/h4-6,15-16H,7H2,1-3H3. The summed E-state index contributed by atoms with van der Waals surface area (Å²) in [6.07, 6.45) is 0. The lowest BCUT2D eigenvalue weighted by Crippen LogP contribution is -2.13. The molecule has 108 valence electrons. The van der Waals surface area contributed by atoms with E-state index >= 15 is 0 Å². The zero-order valence-corrected chi connectivity index (χ0v) is 13.1. The van der Waals surface area contributed by atoms with Crippen molar-refractivity contribution in [3.8, 4) is 0 Å². The van der Waals surface area contributed by atoms with Gasteiger partial charge in [0, 0.05) is 0 Å². The van der Waals surface area contributed by atoms with Gasteiger partial charge in [-0.05, 0) is 38.0 Å². The molecule has 1 aromatic heterocycles. The highest BCUT2D eigenvalue weighted by molar-refractivity contribution is 7.94. The first-order valence-corrected chi connectivity index (χ1v) is 8.30. The molecule has 0 unspecified atom stereocenters. The van der Waals surface area contributed by atoms with Crippen LogP contribution in [-0.2, 0) is 16.6 Å². The SMILES string of the molecule is Cc1nc(C)c(S(=O)(=O)Nc2cc(CO)ccc2C)s1. The number of sulfonamides is 1. The zero-order chi connectivity index (χ0) is 14.9. The molecular formula is C13H16N2O3S2. The van der Waals surface area contributed by atoms with Gasteiger partial charge in [0.1, 0.15) is 0 Å². The minimum atomic E-state index is -3.65. The van der Waals surface area contributed by atoms with E-state index in [-0.39, 0.29) is 10.8 Å². The molecule has 0 aliphatic rings. The molecule has 2 N–H and O–H groups in total. The molecule has 5 nitrogen and oxygen atoms in total. The van der Waals surface area contributed by atoms with Gasteiger partial charge >= 0.3 is 0 Å². The number of rotatable bonds is 4. The lowest BCUT2D eigenvalue weighted by atomic mass is 10.1. The summed E-state index contributed by atoms with van der Waals surface area (Å²) in [7, 11) is -3.65. The van der Waals surface area contributed by atoms with Crippen molar-refractivity contribution in [2.45, 2.75) is 31.6 Å². The van der Waals surface area contributed by atoms with Gasteiger partial charge in [0.05, 0.1) is 23.0 Å². The van der Waals surface area contributed by atoms with Gasteiger partial charge in [-0.15, -0.1) is 11.3 Å². The molecule has 0 spiro atoms. The number of hydrogen-bond donors (Lipinski definition) is 2. The van der Waals surface area contributed by atoms with Crippen molar-refractivity contribution >= 4 is 27.0 Å². The second-order valence-corrected chi connectivity index (χ2v) is 7.60. The average molecular weight is 312 g/mol. The third kappa shape index (κ3) is 3.00. The summed E-state index contributed by atoms with van der Waals surface area (Å²) in [4.78, 5) is 4.13. The molecule has 0 bridgehead atoms. The molecule has 2 aromatic rings. The van der Waals surface area contributed by atoms with Crippen LogP contribution in [0.25, 0.3) is 0 Å². The second-order valence-electron chi connectivity index (χ2n) is 4.52. The molecule has 0 saturated carbocycles. The summed E-state index contributed by atoms with van der Waals surface area (Å²) < 4.78 is 27.6. The fourth-order valence-corrected chi connectivity index (χ4v) is 4.44. The number of aliphatic hydroxyl groups is 1. The number of aryl methyl sites for hydroxylation is 3. The number of benzene rings is 1. The summed E-state index contributed by atoms with van der Waals surface area (Å²) in [6, 6.07) is 5.17. The molecule has 7 heteroatoms. The number of nitrogens with zero attached hydrogens (tertiary/aromatic N) is 1. The normalized spacial score (nSPS) is 11.6. The Labute approximate surface area is 122 Å². The molecule has 0 amide bonds. The van der Waals surface area contributed by atoms with E-state index in [4.69, 9.17) is 5.11 Å². The van der Waals surface area contributed by atoms with E-state index in [0.29, 0.717) is 22.0 Å². The molecule has 0 radical (unpaired) electrons. The van der Waals surface area contributed by atoms with Crippen molar-refractivity contribution in [1.29, 1.82) is 0 Å². The molecule has 0 fully saturated rings. The van der Waals surface area contributed by atoms with E-state index in [0.717, 1.165) is 16.9 Å². The van der Waals surface area contributed by atoms with Crippen LogP contribution < -0.4 is 4.72 Å². The van der Waals surface area contributed by atoms with Crippen LogP contribution in [0, 0.1) is 20.8 Å². The number of aliphatic hydroxyl groups excluding tert-OH is 1. The van der Waals surface area contributed by atoms with Gasteiger partial charge in [-0.2, -0.15) is 0 Å². The summed E-state index contributed by atoms with van der Waals surface area (Å²) in [5, 5.41) is 9.84. The highest BCUT2D eigenvalue weighted by atomic mass is 32.2. The highest BCUT2D eigenvalue weighted by Crippen LogP contribution is 2.27. The topological polar surface area (TPSA) is 79.3 Å². The van der Waals surface area contributed by atoms with E-state index in [1.165, 1.54) is 0 Å². The fourth-order valence-electron chi connectivity index (χ4n) is 1.83. The van der Waals surface area contributed by atoms with Crippen molar-refractivity contribution in [1.82, 2.24) is 4.98 Å². The van der Waals surface area contributed by atoms with E-state index in [1.807, 2.05) is 6.92 Å². The van der Waals surface area contributed by atoms with Gasteiger partial charge in [-0.1, -0.05) is 12.1 Å². The van der Waals surface area contributed by atoms with Crippen molar-refractivity contribution in [2.24, 2.45) is 0 Å². The van der Waals surface area contributed by atoms with Crippen LogP contribution in [0.3, 0.4) is 0 Å². The molecular weight excluding hydrogens is 296 g/mol. The smallest absolute Gasteiger partial charge is 0.273 e. The van der Waals surface area contributed by atoms with E-state index in [1.54, 1.807) is 32.0 Å². The lowest BCUT2D eigenvalue weighted by molar-refractivity contribution is 0.282. The zero-order valence-electron chi connectivity index (χ0n) is 11.5. The number of aromatic nitrogens is 1. The van der Waals surface area contributed by atoms with Gasteiger partial charge in [0.2, 0.25) is 0 Å². The van der Waals surface area contributed by atoms with Gasteiger partial charge in [-0.3, -0.25) is 4.72 Å². The lowest BCUT2D eigenvalue weighted by Gasteiger charge is -2.11. The van der Waals surface area contributed by atoms with Gasteiger partial charge < -0.3 is 5.11 Å². The Kier molecular flexibility index (Phi) is 4.12. The van der Waals surface area contributed by atoms with Gasteiger partial charge in [0.15, 0.2) is 4.21 Å². The quantitative estimate of drug-likeness (QED) is 0.908. The molecule has 1 aromatic carbocycles. The third-order valence-corrected chi connectivity index (χ3v) is 5.88. The van der Waals surface area contributed by atoms with E-state index in [2.05, 4.69) is 9.71 Å². The maximum atomic E-state index is 12.4. The number of hydrogen-bond acceptors (Lipinski definition) is 5. The minimum absolute atomic E-state index is 0.131. The Morgan fingerprint density at radius 3 is 2.55 bits per heavy atom. The first-order valence-electron chi connectivity index (χ1n) is 6.00. The summed E-state index contributed by atoms with van der Waals surface area (Å²) >= 11 is 1.15. The largest absolute Gasteiger partial charge is 0.392 e. The molecule has 1 heterocycles. The van der Waals surface area contributed by atoms with E-state index < -0.39 is 10.0 Å². The molecule has 0 atom stereocenters. The molecule has 0 aliphatic carbocycles. The van der Waals surface area contributed by atoms with Crippen molar-refractivity contribution in [3.05, 3.63) is 40.0 Å². The number of nitrogens with one attached hydrogen (secondary N) is 1. The van der Waals surface area contributed by atoms with Crippen molar-refractivity contribution < 1.29 is 13.5 Å². The Morgan fingerprint density at radius 1 is 1.30 bits per heavy atom. The summed E-state index contributed by atoms with van der Waals surface area (Å²) in [5.41, 5.74) is 2.42. The average Bonchev–Trinajstić information content (AvgIpc) is 2.72. The first kappa shape index (κ1) is 15.0. The molecule has 20 heavy (non-hydrogen) atoms. The minimum Gasteiger partial charge on any atom is -0.392 e. The number of anilines is 1. The predicted molar refractivity (Wildman–Crippen MR) is 79.5 cm³/mol. The second kappa shape index (κ2) is 5.51. The van der Waals surface area contributed by atoms with Crippen LogP contribution in [0.15, 0.2) is 22.4 Å². The number of thiazole rings is 1. The van der Waals surface area contributed by atoms with Crippen LogP contribution in [0.4, 0.5) is 5.69 Å². The maximum Gasteiger partial charge on any atom is 0.273 e. The van der Waals surface area contributed by atoms with E-state index in [9.17, 15) is 8.42 Å². The molecule has 0 aliphatic heterocycles. The van der Waals surface area contributed by atoms with Crippen LogP contribution >= 0.6 is 11.3 Å². The Balaban J connectivity index is 2.40. The predicted octanol–water partition coefficient (Wildman–Crippen LogP) is 2.36. The van der Waals surface area contributed by atoms with Gasteiger partial charge in [-0.25, -0.2) is 13.4 Å². The summed E-state index contributed by atoms with van der Waals surface area (Å²) in [6.45, 7) is 5.13. The molecule has 2 rings (SSSR count). The highest BCUT2D eigenvalue weighted by Gasteiger charge is 2.21. The Hall–Kier alpha value is -1.44. The van der Waals surface area contributed by atoms with Crippen molar-refractivity contribution in [3.63, 3.8) is 0 Å². The van der Waals surface area contributed by atoms with Crippen LogP contribution in [0.1, 0.15) is 21.8 Å². The monoisotopic (exact) mass is 312 g/mol. The fraction of sp³-hybridized carbons (Fsp3) is 0.308. The third-order valence-electron chi connectivity index (χ3n) is 2.83. The first-order chi connectivity index (χ1) is 9.33. The van der Waals surface area contributed by atoms with Crippen LogP contribution in [-0.4, -0.2) is 18.5 Å². The van der Waals surface area contributed by atoms with Crippen molar-refractivity contribution in [2.75, 3.05) is 4.72 Å². The van der Waals surface area contributed by atoms with Gasteiger partial charge in [0.25, 0.3) is 10.0 Å². The summed E-state index contributed by atoms with van der Waals surface area (Å²) in [5.74, 6) is 0. The van der Waals surface area contributed by atoms with Crippen LogP contribution in [0.5, 0.6) is 0 Å². The Bertz CT molecular complexity index is 736. The maximum absolute atomic E-state index is 12.4. The molecule has 0 saturated heterocycles. The Morgan fingerprint density at radius 2 is 2.00 bits per heavy atom.